The van der Waals surface area contributed by atoms with Crippen molar-refractivity contribution in [1.29, 1.82) is 0 Å². The molecule has 0 atom stereocenters. The largest absolute Gasteiger partial charge is 0.293 e. The number of aryl methyl sites for hydroxylation is 1. The van der Waals surface area contributed by atoms with Crippen molar-refractivity contribution in [2.45, 2.75) is 20.3 Å². The molecule has 0 radical (unpaired) electrons. The molecule has 0 unspecified atom stereocenters. The number of carbonyl (C=O) groups excluding carboxylic acids is 4. The Bertz CT molecular complexity index is 713. The van der Waals surface area contributed by atoms with Gasteiger partial charge >= 0.3 is 0 Å². The molecular weight excluding hydrogens is 330 g/mol. The zero-order chi connectivity index (χ0) is 17.7. The molecule has 4 amide bonds. The maximum atomic E-state index is 12.3. The van der Waals surface area contributed by atoms with Crippen molar-refractivity contribution in [3.05, 3.63) is 40.3 Å². The van der Waals surface area contributed by atoms with E-state index in [1.165, 1.54) is 6.92 Å². The van der Waals surface area contributed by atoms with Crippen molar-refractivity contribution >= 4 is 40.8 Å². The topological polar surface area (TPSA) is 95.6 Å². The molecule has 7 nitrogen and oxygen atoms in total. The first-order valence-corrected chi connectivity index (χ1v) is 8.06. The van der Waals surface area contributed by atoms with Gasteiger partial charge in [-0.15, -0.1) is 0 Å². The second kappa shape index (κ2) is 7.78. The summed E-state index contributed by atoms with van der Waals surface area (Å²) in [6.45, 7) is 3.18. The van der Waals surface area contributed by atoms with Crippen LogP contribution in [0, 0.1) is 6.92 Å². The fourth-order valence-corrected chi connectivity index (χ4v) is 2.81. The average Bonchev–Trinajstić information content (AvgIpc) is 2.79. The lowest BCUT2D eigenvalue weighted by atomic mass is 10.1. The number of amides is 4. The van der Waals surface area contributed by atoms with Gasteiger partial charge < -0.3 is 0 Å². The van der Waals surface area contributed by atoms with Crippen LogP contribution in [0.25, 0.3) is 6.08 Å². The van der Waals surface area contributed by atoms with Crippen LogP contribution >= 0.6 is 11.8 Å². The summed E-state index contributed by atoms with van der Waals surface area (Å²) in [5.74, 6) is -1.31. The molecule has 1 aromatic rings. The van der Waals surface area contributed by atoms with E-state index < -0.39 is 23.0 Å². The first-order chi connectivity index (χ1) is 11.4. The number of hydrazine groups is 1. The standard InChI is InChI=1S/C16H17N3O4S/c1-10-3-5-12(6-4-10)9-13-15(22)19(16(23)24-13)8-7-14(21)18-17-11(2)20/h3-6,9H,7-8H2,1-2H3,(H,17,20)(H,18,21)/b13-9-. The molecule has 0 saturated carbocycles. The lowest BCUT2D eigenvalue weighted by Gasteiger charge is -2.12. The van der Waals surface area contributed by atoms with Crippen LogP contribution in [0.15, 0.2) is 29.2 Å². The maximum Gasteiger partial charge on any atom is 0.293 e. The summed E-state index contributed by atoms with van der Waals surface area (Å²) < 4.78 is 0. The van der Waals surface area contributed by atoms with Gasteiger partial charge in [0, 0.05) is 19.9 Å². The van der Waals surface area contributed by atoms with Gasteiger partial charge in [0.25, 0.3) is 11.1 Å². The number of hydrogen-bond donors (Lipinski definition) is 2. The predicted molar refractivity (Wildman–Crippen MR) is 90.4 cm³/mol. The molecule has 1 saturated heterocycles. The summed E-state index contributed by atoms with van der Waals surface area (Å²) >= 11 is 0.848. The minimum atomic E-state index is -0.480. The van der Waals surface area contributed by atoms with E-state index in [2.05, 4.69) is 10.9 Å². The monoisotopic (exact) mass is 347 g/mol. The van der Waals surface area contributed by atoms with Gasteiger partial charge in [0.2, 0.25) is 11.8 Å². The summed E-state index contributed by atoms with van der Waals surface area (Å²) in [5, 5.41) is -0.411. The summed E-state index contributed by atoms with van der Waals surface area (Å²) in [4.78, 5) is 47.8. The molecule has 0 bridgehead atoms. The van der Waals surface area contributed by atoms with Crippen LogP contribution in [0.3, 0.4) is 0 Å². The molecule has 1 fully saturated rings. The van der Waals surface area contributed by atoms with E-state index in [9.17, 15) is 19.2 Å². The fourth-order valence-electron chi connectivity index (χ4n) is 1.94. The van der Waals surface area contributed by atoms with Crippen LogP contribution in [0.4, 0.5) is 4.79 Å². The molecule has 1 aliphatic rings. The van der Waals surface area contributed by atoms with Crippen molar-refractivity contribution in [2.75, 3.05) is 6.54 Å². The van der Waals surface area contributed by atoms with Crippen molar-refractivity contribution < 1.29 is 19.2 Å². The minimum absolute atomic E-state index is 0.0404. The number of thioether (sulfide) groups is 1. The third kappa shape index (κ3) is 4.69. The summed E-state index contributed by atoms with van der Waals surface area (Å²) in [6, 6.07) is 7.57. The highest BCUT2D eigenvalue weighted by molar-refractivity contribution is 8.18. The van der Waals surface area contributed by atoms with Gasteiger partial charge in [-0.1, -0.05) is 29.8 Å². The first-order valence-electron chi connectivity index (χ1n) is 7.24. The molecule has 1 aromatic carbocycles. The molecule has 2 rings (SSSR count). The summed E-state index contributed by atoms with van der Waals surface area (Å²) in [6.07, 6.45) is 1.57. The van der Waals surface area contributed by atoms with E-state index in [0.717, 1.165) is 27.8 Å². The van der Waals surface area contributed by atoms with Gasteiger partial charge in [0.1, 0.15) is 0 Å². The van der Waals surface area contributed by atoms with E-state index in [-0.39, 0.29) is 13.0 Å². The van der Waals surface area contributed by atoms with Crippen molar-refractivity contribution in [3.63, 3.8) is 0 Å². The van der Waals surface area contributed by atoms with Crippen molar-refractivity contribution in [3.8, 4) is 0 Å². The zero-order valence-electron chi connectivity index (χ0n) is 13.3. The third-order valence-corrected chi connectivity index (χ3v) is 4.10. The molecule has 1 heterocycles. The highest BCUT2D eigenvalue weighted by atomic mass is 32.2. The van der Waals surface area contributed by atoms with Gasteiger partial charge in [0.05, 0.1) is 4.91 Å². The maximum absolute atomic E-state index is 12.3. The van der Waals surface area contributed by atoms with E-state index in [4.69, 9.17) is 0 Å². The molecule has 8 heteroatoms. The number of carbonyl (C=O) groups is 4. The van der Waals surface area contributed by atoms with E-state index in [1.54, 1.807) is 6.08 Å². The van der Waals surface area contributed by atoms with Gasteiger partial charge in [-0.25, -0.2) is 0 Å². The zero-order valence-corrected chi connectivity index (χ0v) is 14.1. The van der Waals surface area contributed by atoms with Crippen LogP contribution in [0.5, 0.6) is 0 Å². The van der Waals surface area contributed by atoms with Gasteiger partial charge in [0.15, 0.2) is 0 Å². The van der Waals surface area contributed by atoms with Gasteiger partial charge in [-0.3, -0.25) is 34.9 Å². The minimum Gasteiger partial charge on any atom is -0.274 e. The Morgan fingerprint density at radius 3 is 2.46 bits per heavy atom. The molecule has 0 spiro atoms. The number of hydrogen-bond acceptors (Lipinski definition) is 5. The van der Waals surface area contributed by atoms with Crippen molar-refractivity contribution in [1.82, 2.24) is 15.8 Å². The van der Waals surface area contributed by atoms with Crippen molar-refractivity contribution in [2.24, 2.45) is 0 Å². The highest BCUT2D eigenvalue weighted by Gasteiger charge is 2.34. The molecule has 24 heavy (non-hydrogen) atoms. The second-order valence-electron chi connectivity index (χ2n) is 5.22. The smallest absolute Gasteiger partial charge is 0.274 e. The molecule has 0 aliphatic carbocycles. The molecule has 126 valence electrons. The number of nitrogens with one attached hydrogen (secondary N) is 2. The highest BCUT2D eigenvalue weighted by Crippen LogP contribution is 2.32. The Kier molecular flexibility index (Phi) is 5.75. The lowest BCUT2D eigenvalue weighted by molar-refractivity contribution is -0.128. The predicted octanol–water partition coefficient (Wildman–Crippen LogP) is 1.59. The molecule has 2 N–H and O–H groups in total. The van der Waals surface area contributed by atoms with E-state index in [0.29, 0.717) is 4.91 Å². The number of benzene rings is 1. The van der Waals surface area contributed by atoms with Crippen LogP contribution in [-0.2, 0) is 14.4 Å². The van der Waals surface area contributed by atoms with Crippen LogP contribution in [0.1, 0.15) is 24.5 Å². The van der Waals surface area contributed by atoms with Crippen LogP contribution < -0.4 is 10.9 Å². The first kappa shape index (κ1) is 17.7. The quantitative estimate of drug-likeness (QED) is 0.637. The number of rotatable bonds is 4. The Hall–Kier alpha value is -2.61. The van der Waals surface area contributed by atoms with Gasteiger partial charge in [-0.2, -0.15) is 0 Å². The summed E-state index contributed by atoms with van der Waals surface area (Å²) in [7, 11) is 0. The molecule has 1 aliphatic heterocycles. The SMILES string of the molecule is CC(=O)NNC(=O)CCN1C(=O)S/C(=C\c2ccc(C)cc2)C1=O. The number of nitrogens with zero attached hydrogens (tertiary/aromatic N) is 1. The Labute approximate surface area is 143 Å². The van der Waals surface area contributed by atoms with Crippen LogP contribution in [-0.4, -0.2) is 34.4 Å². The Morgan fingerprint density at radius 1 is 1.17 bits per heavy atom. The van der Waals surface area contributed by atoms with E-state index in [1.807, 2.05) is 31.2 Å². The normalized spacial score (nSPS) is 15.8. The molecule has 0 aromatic heterocycles. The molecular formula is C16H17N3O4S. The number of imide groups is 1. The van der Waals surface area contributed by atoms with E-state index >= 15 is 0 Å². The fraction of sp³-hybridized carbons (Fsp3) is 0.250. The van der Waals surface area contributed by atoms with Gasteiger partial charge in [-0.05, 0) is 30.3 Å². The average molecular weight is 347 g/mol. The Balaban J connectivity index is 1.97. The Morgan fingerprint density at radius 2 is 1.83 bits per heavy atom. The second-order valence-corrected chi connectivity index (χ2v) is 6.22. The summed E-state index contributed by atoms with van der Waals surface area (Å²) in [5.41, 5.74) is 6.26. The lowest BCUT2D eigenvalue weighted by Crippen LogP contribution is -2.42. The van der Waals surface area contributed by atoms with Crippen LogP contribution in [0.2, 0.25) is 0 Å². The third-order valence-electron chi connectivity index (χ3n) is 3.19.